The van der Waals surface area contributed by atoms with Gasteiger partial charge in [0, 0.05) is 17.4 Å². The summed E-state index contributed by atoms with van der Waals surface area (Å²) in [6, 6.07) is 4.78. The fraction of sp³-hybridized carbons (Fsp3) is 0.273. The molecule has 0 spiro atoms. The van der Waals surface area contributed by atoms with Crippen LogP contribution in [0.15, 0.2) is 28.7 Å². The molecule has 1 unspecified atom stereocenters. The van der Waals surface area contributed by atoms with Crippen LogP contribution in [0.4, 0.5) is 13.2 Å². The quantitative estimate of drug-likeness (QED) is 0.900. The zero-order valence-electron chi connectivity index (χ0n) is 8.59. The summed E-state index contributed by atoms with van der Waals surface area (Å²) in [5, 5.41) is 0.531. The number of rotatable bonds is 2. The summed E-state index contributed by atoms with van der Waals surface area (Å²) in [6.07, 6.45) is -4.83. The van der Waals surface area contributed by atoms with E-state index in [-0.39, 0.29) is 11.6 Å². The van der Waals surface area contributed by atoms with Crippen molar-refractivity contribution in [1.29, 1.82) is 0 Å². The van der Waals surface area contributed by atoms with E-state index in [1.807, 2.05) is 0 Å². The molecule has 1 atom stereocenters. The van der Waals surface area contributed by atoms with E-state index in [4.69, 9.17) is 21.8 Å². The molecule has 0 saturated carbocycles. The Labute approximate surface area is 100 Å². The second-order valence-electron chi connectivity index (χ2n) is 3.70. The molecule has 0 fully saturated rings. The molecule has 0 aliphatic carbocycles. The van der Waals surface area contributed by atoms with Gasteiger partial charge < -0.3 is 10.2 Å². The maximum absolute atomic E-state index is 12.4. The first-order valence-electron chi connectivity index (χ1n) is 4.88. The van der Waals surface area contributed by atoms with Crippen molar-refractivity contribution in [2.75, 3.05) is 0 Å². The molecule has 92 valence electrons. The van der Waals surface area contributed by atoms with Crippen LogP contribution >= 0.6 is 11.6 Å². The Morgan fingerprint density at radius 2 is 1.94 bits per heavy atom. The Bertz CT molecular complexity index is 535. The van der Waals surface area contributed by atoms with Gasteiger partial charge in [0.25, 0.3) is 0 Å². The number of halogens is 4. The number of furan rings is 1. The van der Waals surface area contributed by atoms with Gasteiger partial charge >= 0.3 is 6.18 Å². The molecule has 0 amide bonds. The second-order valence-corrected chi connectivity index (χ2v) is 4.05. The van der Waals surface area contributed by atoms with Crippen molar-refractivity contribution in [3.63, 3.8) is 0 Å². The molecule has 0 aliphatic rings. The average molecular weight is 264 g/mol. The van der Waals surface area contributed by atoms with Gasteiger partial charge in [-0.25, -0.2) is 0 Å². The van der Waals surface area contributed by atoms with Crippen LogP contribution in [-0.2, 0) is 6.42 Å². The Balaban J connectivity index is 2.39. The van der Waals surface area contributed by atoms with E-state index in [0.717, 1.165) is 0 Å². The lowest BCUT2D eigenvalue weighted by atomic mass is 10.1. The third kappa shape index (κ3) is 2.40. The summed E-state index contributed by atoms with van der Waals surface area (Å²) in [6.45, 7) is 0. The van der Waals surface area contributed by atoms with E-state index in [1.54, 1.807) is 24.3 Å². The minimum atomic E-state index is -4.44. The van der Waals surface area contributed by atoms with E-state index < -0.39 is 12.2 Å². The van der Waals surface area contributed by atoms with Gasteiger partial charge in [-0.05, 0) is 17.7 Å². The fourth-order valence-electron chi connectivity index (χ4n) is 1.59. The molecule has 2 rings (SSSR count). The minimum absolute atomic E-state index is 0.0362. The van der Waals surface area contributed by atoms with Gasteiger partial charge in [0.1, 0.15) is 11.6 Å². The third-order valence-electron chi connectivity index (χ3n) is 2.49. The van der Waals surface area contributed by atoms with Gasteiger partial charge in [-0.1, -0.05) is 18.2 Å². The van der Waals surface area contributed by atoms with Crippen molar-refractivity contribution in [2.45, 2.75) is 18.6 Å². The SMILES string of the molecule is NC(Cc1c(Cl)oc2ccccc12)C(F)(F)F. The van der Waals surface area contributed by atoms with Gasteiger partial charge in [0.15, 0.2) is 5.22 Å². The van der Waals surface area contributed by atoms with Crippen LogP contribution in [0.25, 0.3) is 11.0 Å². The van der Waals surface area contributed by atoms with Gasteiger partial charge in [0.05, 0.1) is 0 Å². The van der Waals surface area contributed by atoms with Gasteiger partial charge in [-0.15, -0.1) is 0 Å². The number of para-hydroxylation sites is 1. The third-order valence-corrected chi connectivity index (χ3v) is 2.80. The monoisotopic (exact) mass is 263 g/mol. The molecule has 17 heavy (non-hydrogen) atoms. The number of hydrogen-bond acceptors (Lipinski definition) is 2. The molecular formula is C11H9ClF3NO. The highest BCUT2D eigenvalue weighted by Gasteiger charge is 2.37. The molecule has 2 N–H and O–H groups in total. The van der Waals surface area contributed by atoms with Crippen molar-refractivity contribution < 1.29 is 17.6 Å². The summed E-state index contributed by atoms with van der Waals surface area (Å²) in [5.41, 5.74) is 5.83. The first-order valence-corrected chi connectivity index (χ1v) is 5.25. The van der Waals surface area contributed by atoms with Crippen molar-refractivity contribution in [3.8, 4) is 0 Å². The first-order chi connectivity index (χ1) is 7.89. The highest BCUT2D eigenvalue weighted by atomic mass is 35.5. The van der Waals surface area contributed by atoms with E-state index in [2.05, 4.69) is 0 Å². The molecular weight excluding hydrogens is 255 g/mol. The van der Waals surface area contributed by atoms with Crippen molar-refractivity contribution in [2.24, 2.45) is 5.73 Å². The molecule has 2 nitrogen and oxygen atoms in total. The van der Waals surface area contributed by atoms with Crippen LogP contribution in [0.2, 0.25) is 5.22 Å². The Kier molecular flexibility index (Phi) is 3.05. The molecule has 6 heteroatoms. The van der Waals surface area contributed by atoms with Crippen molar-refractivity contribution in [3.05, 3.63) is 35.0 Å². The van der Waals surface area contributed by atoms with E-state index in [9.17, 15) is 13.2 Å². The standard InChI is InChI=1S/C11H9ClF3NO/c12-10-7(5-9(16)11(13,14)15)6-3-1-2-4-8(6)17-10/h1-4,9H,5,16H2. The number of hydrogen-bond donors (Lipinski definition) is 1. The minimum Gasteiger partial charge on any atom is -0.444 e. The summed E-state index contributed by atoms with van der Waals surface area (Å²) >= 11 is 5.77. The summed E-state index contributed by atoms with van der Waals surface area (Å²) in [4.78, 5) is 0. The van der Waals surface area contributed by atoms with Crippen molar-refractivity contribution in [1.82, 2.24) is 0 Å². The Morgan fingerprint density at radius 3 is 2.59 bits per heavy atom. The average Bonchev–Trinajstić information content (AvgIpc) is 2.54. The van der Waals surface area contributed by atoms with E-state index in [1.165, 1.54) is 0 Å². The van der Waals surface area contributed by atoms with Gasteiger partial charge in [-0.3, -0.25) is 0 Å². The van der Waals surface area contributed by atoms with E-state index in [0.29, 0.717) is 16.5 Å². The fourth-order valence-corrected chi connectivity index (χ4v) is 1.86. The maximum Gasteiger partial charge on any atom is 0.403 e. The van der Waals surface area contributed by atoms with Crippen LogP contribution in [0.3, 0.4) is 0 Å². The van der Waals surface area contributed by atoms with E-state index >= 15 is 0 Å². The molecule has 0 radical (unpaired) electrons. The topological polar surface area (TPSA) is 39.2 Å². The second kappa shape index (κ2) is 4.23. The van der Waals surface area contributed by atoms with Crippen LogP contribution in [-0.4, -0.2) is 12.2 Å². The molecule has 1 aromatic heterocycles. The van der Waals surface area contributed by atoms with Gasteiger partial charge in [0.2, 0.25) is 0 Å². The molecule has 1 aromatic carbocycles. The number of benzene rings is 1. The molecule has 1 heterocycles. The summed E-state index contributed by atoms with van der Waals surface area (Å²) < 4.78 is 42.3. The predicted octanol–water partition coefficient (Wildman–Crippen LogP) is 3.52. The van der Waals surface area contributed by atoms with Crippen molar-refractivity contribution >= 4 is 22.6 Å². The lowest BCUT2D eigenvalue weighted by Gasteiger charge is -2.14. The Morgan fingerprint density at radius 1 is 1.29 bits per heavy atom. The van der Waals surface area contributed by atoms with Crippen LogP contribution in [0.5, 0.6) is 0 Å². The normalized spacial score (nSPS) is 14.2. The first kappa shape index (κ1) is 12.3. The Hall–Kier alpha value is -1.20. The summed E-state index contributed by atoms with van der Waals surface area (Å²) in [5.74, 6) is 0. The largest absolute Gasteiger partial charge is 0.444 e. The van der Waals surface area contributed by atoms with Crippen LogP contribution in [0.1, 0.15) is 5.56 Å². The predicted molar refractivity (Wildman–Crippen MR) is 59.0 cm³/mol. The lowest BCUT2D eigenvalue weighted by Crippen LogP contribution is -2.39. The molecule has 0 aliphatic heterocycles. The van der Waals surface area contributed by atoms with Crippen LogP contribution in [0, 0.1) is 0 Å². The lowest BCUT2D eigenvalue weighted by molar-refractivity contribution is -0.147. The highest BCUT2D eigenvalue weighted by molar-refractivity contribution is 6.30. The number of fused-ring (bicyclic) bond motifs is 1. The number of nitrogens with two attached hydrogens (primary N) is 1. The zero-order valence-corrected chi connectivity index (χ0v) is 9.35. The maximum atomic E-state index is 12.4. The molecule has 2 aromatic rings. The van der Waals surface area contributed by atoms with Crippen LogP contribution < -0.4 is 5.73 Å². The molecule has 0 saturated heterocycles. The molecule has 0 bridgehead atoms. The smallest absolute Gasteiger partial charge is 0.403 e. The van der Waals surface area contributed by atoms with Gasteiger partial charge in [-0.2, -0.15) is 13.2 Å². The number of alkyl halides is 3. The highest BCUT2D eigenvalue weighted by Crippen LogP contribution is 2.32. The zero-order chi connectivity index (χ0) is 12.6. The summed E-state index contributed by atoms with van der Waals surface area (Å²) in [7, 11) is 0.